The molecule has 3 atom stereocenters. The van der Waals surface area contributed by atoms with E-state index < -0.39 is 0 Å². The van der Waals surface area contributed by atoms with Crippen molar-refractivity contribution in [3.63, 3.8) is 0 Å². The van der Waals surface area contributed by atoms with Crippen LogP contribution in [0, 0.1) is 58.2 Å². The molecule has 1 aromatic heterocycles. The van der Waals surface area contributed by atoms with Crippen LogP contribution in [-0.2, 0) is 24.2 Å². The van der Waals surface area contributed by atoms with Gasteiger partial charge in [0.2, 0.25) is 5.91 Å². The third kappa shape index (κ3) is 8.57. The molecule has 1 aliphatic carbocycles. The van der Waals surface area contributed by atoms with Gasteiger partial charge in [-0.2, -0.15) is 15.6 Å². The molecule has 9 rings (SSSR count). The molecule has 1 unspecified atom stereocenters. The number of methoxy groups -OCH3 is 1. The molecule has 2 saturated heterocycles. The van der Waals surface area contributed by atoms with Crippen molar-refractivity contribution in [3.8, 4) is 23.6 Å². The Hall–Kier alpha value is -6.05. The Morgan fingerprint density at radius 2 is 1.57 bits per heavy atom. The molecule has 5 aliphatic rings. The van der Waals surface area contributed by atoms with Crippen LogP contribution >= 0.6 is 0 Å². The summed E-state index contributed by atoms with van der Waals surface area (Å²) in [6.45, 7) is 24.3. The number of nitrogens with one attached hydrogen (secondary N) is 1. The van der Waals surface area contributed by atoms with Crippen LogP contribution in [0.2, 0.25) is 0 Å². The number of ether oxygens (including phenoxy) is 2. The Labute approximate surface area is 403 Å². The van der Waals surface area contributed by atoms with E-state index in [-0.39, 0.29) is 34.8 Å². The van der Waals surface area contributed by atoms with Gasteiger partial charge in [0, 0.05) is 110 Å². The van der Waals surface area contributed by atoms with Crippen LogP contribution in [0.15, 0.2) is 54.6 Å². The van der Waals surface area contributed by atoms with Crippen LogP contribution in [0.4, 0.5) is 17.2 Å². The van der Waals surface area contributed by atoms with Crippen molar-refractivity contribution in [1.29, 1.82) is 10.5 Å². The zero-order chi connectivity index (χ0) is 48.2. The van der Waals surface area contributed by atoms with Gasteiger partial charge in [0.15, 0.2) is 5.82 Å². The molecule has 2 amide bonds. The summed E-state index contributed by atoms with van der Waals surface area (Å²) in [5.41, 5.74) is 8.10. The molecule has 358 valence electrons. The average Bonchev–Trinajstić information content (AvgIpc) is 3.71. The second kappa shape index (κ2) is 18.5. The zero-order valence-corrected chi connectivity index (χ0v) is 41.6. The maximum atomic E-state index is 13.8. The van der Waals surface area contributed by atoms with Crippen LogP contribution < -0.4 is 24.6 Å². The van der Waals surface area contributed by atoms with E-state index in [9.17, 15) is 20.1 Å². The number of piperidine rings is 2. The van der Waals surface area contributed by atoms with E-state index in [0.29, 0.717) is 53.0 Å². The first kappa shape index (κ1) is 47.0. The summed E-state index contributed by atoms with van der Waals surface area (Å²) in [5, 5.41) is 28.0. The second-order valence-electron chi connectivity index (χ2n) is 21.7. The summed E-state index contributed by atoms with van der Waals surface area (Å²) in [6.07, 6.45) is 4.68. The van der Waals surface area contributed by atoms with Crippen LogP contribution in [0.25, 0.3) is 0 Å². The maximum Gasteiger partial charge on any atom is 0.251 e. The minimum Gasteiger partial charge on any atom is -0.495 e. The Bertz CT molecular complexity index is 2620. The van der Waals surface area contributed by atoms with Gasteiger partial charge in [0.05, 0.1) is 36.9 Å². The minimum absolute atomic E-state index is 0.0864. The van der Waals surface area contributed by atoms with Crippen molar-refractivity contribution in [3.05, 3.63) is 93.7 Å². The smallest absolute Gasteiger partial charge is 0.251 e. The summed E-state index contributed by atoms with van der Waals surface area (Å²) < 4.78 is 14.3. The van der Waals surface area contributed by atoms with Crippen molar-refractivity contribution < 1.29 is 19.1 Å². The van der Waals surface area contributed by atoms with Crippen LogP contribution in [0.3, 0.4) is 0 Å². The number of amides is 2. The standard InChI is InChI=1S/C55H69N9O4/c1-34-25-48-39(26-41(34)29-57)11-10-21-63(48)50-46-33-61(37(4)65)24-20-47(46)64(59-50)43-18-22-60(23-19-43)32-45-35(2)30-62(31-36(45)3)42-15-12-38(13-16-42)51(66)58-52-54(5,6)53(55(52,7)8)68-44-17-14-40(28-56)49(27-44)67-9/h12-17,25-27,35-36,43,45,52-53H,10-11,18-24,30-33H2,1-9H3,(H,58,66)/t35-,36+,45?,52?,53?. The fourth-order valence-electron chi connectivity index (χ4n) is 12.9. The number of nitrogens with zero attached hydrogens (tertiary/aromatic N) is 8. The summed E-state index contributed by atoms with van der Waals surface area (Å²) in [5.74, 6) is 3.71. The average molecular weight is 920 g/mol. The van der Waals surface area contributed by atoms with Crippen molar-refractivity contribution in [2.24, 2.45) is 28.6 Å². The lowest BCUT2D eigenvalue weighted by Crippen LogP contribution is -2.74. The highest BCUT2D eigenvalue weighted by Gasteiger charge is 2.64. The SMILES string of the molecule is COc1cc(OC2C(C)(C)C(NC(=O)c3ccc(N4C[C@@H](C)C(CN5CCC(n6nc(N7CCCc8cc(C#N)c(C)cc87)c7c6CCN(C(C)=O)C7)CC5)[C@@H](C)C4)cc3)C2(C)C)ccc1C#N. The fourth-order valence-corrected chi connectivity index (χ4v) is 12.9. The number of likely N-dealkylation sites (tertiary alicyclic amines) is 1. The van der Waals surface area contributed by atoms with Crippen LogP contribution in [0.5, 0.6) is 11.5 Å². The molecule has 4 aromatic rings. The lowest BCUT2D eigenvalue weighted by molar-refractivity contribution is -0.164. The Morgan fingerprint density at radius 3 is 2.22 bits per heavy atom. The van der Waals surface area contributed by atoms with Gasteiger partial charge in [-0.15, -0.1) is 0 Å². The summed E-state index contributed by atoms with van der Waals surface area (Å²) >= 11 is 0. The molecule has 3 fully saturated rings. The number of hydrogen-bond acceptors (Lipinski definition) is 10. The van der Waals surface area contributed by atoms with E-state index in [0.717, 1.165) is 106 Å². The van der Waals surface area contributed by atoms with Crippen molar-refractivity contribution in [1.82, 2.24) is 24.9 Å². The number of nitriles is 2. The molecular weight excluding hydrogens is 851 g/mol. The highest BCUT2D eigenvalue weighted by Crippen LogP contribution is 2.56. The topological polar surface area (TPSA) is 143 Å². The minimum atomic E-state index is -0.344. The van der Waals surface area contributed by atoms with Gasteiger partial charge in [-0.25, -0.2) is 0 Å². The van der Waals surface area contributed by atoms with E-state index in [1.807, 2.05) is 24.0 Å². The Balaban J connectivity index is 0.804. The molecule has 1 saturated carbocycles. The van der Waals surface area contributed by atoms with Gasteiger partial charge < -0.3 is 34.4 Å². The fraction of sp³-hybridized carbons (Fsp3) is 0.545. The summed E-state index contributed by atoms with van der Waals surface area (Å²) in [4.78, 5) is 35.9. The van der Waals surface area contributed by atoms with Gasteiger partial charge in [0.1, 0.15) is 23.7 Å². The molecule has 13 nitrogen and oxygen atoms in total. The number of aryl methyl sites for hydroxylation is 2. The van der Waals surface area contributed by atoms with Gasteiger partial charge in [-0.05, 0) is 110 Å². The van der Waals surface area contributed by atoms with Crippen LogP contribution in [0.1, 0.15) is 118 Å². The largest absolute Gasteiger partial charge is 0.495 e. The molecule has 68 heavy (non-hydrogen) atoms. The normalized spacial score (nSPS) is 24.5. The molecule has 0 spiro atoms. The summed E-state index contributed by atoms with van der Waals surface area (Å²) in [7, 11) is 1.55. The van der Waals surface area contributed by atoms with E-state index in [1.165, 1.54) is 16.8 Å². The number of hydrogen-bond donors (Lipinski definition) is 1. The first-order valence-electron chi connectivity index (χ1n) is 24.8. The van der Waals surface area contributed by atoms with Crippen molar-refractivity contribution in [2.45, 2.75) is 112 Å². The second-order valence-corrected chi connectivity index (χ2v) is 21.7. The highest BCUT2D eigenvalue weighted by atomic mass is 16.5. The monoisotopic (exact) mass is 920 g/mol. The maximum absolute atomic E-state index is 13.8. The number of aromatic nitrogens is 2. The van der Waals surface area contributed by atoms with E-state index >= 15 is 0 Å². The van der Waals surface area contributed by atoms with Crippen molar-refractivity contribution >= 4 is 29.0 Å². The number of benzene rings is 3. The Morgan fingerprint density at radius 1 is 0.882 bits per heavy atom. The Kier molecular flexibility index (Phi) is 12.8. The predicted octanol–water partition coefficient (Wildman–Crippen LogP) is 8.59. The van der Waals surface area contributed by atoms with Gasteiger partial charge in [-0.1, -0.05) is 41.5 Å². The predicted molar refractivity (Wildman–Crippen MR) is 264 cm³/mol. The highest BCUT2D eigenvalue weighted by molar-refractivity contribution is 5.95. The summed E-state index contributed by atoms with van der Waals surface area (Å²) in [6, 6.07) is 22.4. The number of carbonyl (C=O) groups is 2. The molecule has 0 bridgehead atoms. The van der Waals surface area contributed by atoms with Gasteiger partial charge in [0.25, 0.3) is 5.91 Å². The first-order chi connectivity index (χ1) is 32.5. The lowest BCUT2D eigenvalue weighted by Gasteiger charge is -2.63. The third-order valence-corrected chi connectivity index (χ3v) is 16.4. The number of anilines is 3. The number of rotatable bonds is 10. The van der Waals surface area contributed by atoms with Gasteiger partial charge in [-0.3, -0.25) is 14.3 Å². The molecular formula is C55H69N9O4. The first-order valence-corrected chi connectivity index (χ1v) is 24.8. The van der Waals surface area contributed by atoms with Gasteiger partial charge >= 0.3 is 0 Å². The third-order valence-electron chi connectivity index (χ3n) is 16.4. The van der Waals surface area contributed by atoms with E-state index in [2.05, 4.69) is 103 Å². The zero-order valence-electron chi connectivity index (χ0n) is 41.6. The quantitative estimate of drug-likeness (QED) is 0.164. The molecule has 3 aromatic carbocycles. The number of fused-ring (bicyclic) bond motifs is 2. The lowest BCUT2D eigenvalue weighted by atomic mass is 9.49. The molecule has 4 aliphatic heterocycles. The molecule has 5 heterocycles. The van der Waals surface area contributed by atoms with E-state index in [4.69, 9.17) is 14.6 Å². The van der Waals surface area contributed by atoms with Crippen molar-refractivity contribution in [2.75, 3.05) is 62.7 Å². The van der Waals surface area contributed by atoms with E-state index in [1.54, 1.807) is 32.2 Å². The molecule has 1 N–H and O–H groups in total. The molecule has 13 heteroatoms. The molecule has 0 radical (unpaired) electrons. The number of carbonyl (C=O) groups excluding carboxylic acids is 2. The van der Waals surface area contributed by atoms with Crippen LogP contribution in [-0.4, -0.2) is 96.5 Å².